The number of unbranched alkanes of at least 4 members (excludes halogenated alkanes) is 1. The number of β-amino-alcohol motifs (C(OH)–C–C–N with tert-alkyl or cyclic N) is 1. The summed E-state index contributed by atoms with van der Waals surface area (Å²) in [5.41, 5.74) is 1.28. The zero-order valence-corrected chi connectivity index (χ0v) is 14.0. The van der Waals surface area contributed by atoms with E-state index in [4.69, 9.17) is 4.74 Å². The van der Waals surface area contributed by atoms with Gasteiger partial charge in [-0.1, -0.05) is 19.4 Å². The van der Waals surface area contributed by atoms with Gasteiger partial charge >= 0.3 is 0 Å². The fourth-order valence-corrected chi connectivity index (χ4v) is 3.96. The van der Waals surface area contributed by atoms with Crippen molar-refractivity contribution in [1.29, 1.82) is 0 Å². The highest BCUT2D eigenvalue weighted by atomic mass is 16.5. The Hall–Kier alpha value is -1.17. The minimum Gasteiger partial charge on any atom is -0.389 e. The first-order valence-electron chi connectivity index (χ1n) is 8.85. The van der Waals surface area contributed by atoms with Crippen LogP contribution in [0.25, 0.3) is 0 Å². The van der Waals surface area contributed by atoms with Crippen molar-refractivity contribution in [2.75, 3.05) is 32.8 Å². The van der Waals surface area contributed by atoms with Crippen LogP contribution < -0.4 is 5.56 Å². The molecule has 0 aliphatic carbocycles. The van der Waals surface area contributed by atoms with Gasteiger partial charge in [-0.2, -0.15) is 0 Å². The van der Waals surface area contributed by atoms with E-state index in [0.717, 1.165) is 51.2 Å². The highest BCUT2D eigenvalue weighted by Gasteiger charge is 2.34. The molecule has 3 heterocycles. The summed E-state index contributed by atoms with van der Waals surface area (Å²) in [6, 6.07) is 5.60. The molecule has 1 aromatic heterocycles. The number of aliphatic hydroxyl groups is 1. The summed E-state index contributed by atoms with van der Waals surface area (Å²) < 4.78 is 7.47. The predicted molar refractivity (Wildman–Crippen MR) is 89.7 cm³/mol. The minimum absolute atomic E-state index is 0.120. The van der Waals surface area contributed by atoms with Gasteiger partial charge in [0.05, 0.1) is 12.7 Å². The number of aliphatic hydroxyl groups excluding tert-OH is 1. The largest absolute Gasteiger partial charge is 0.389 e. The van der Waals surface area contributed by atoms with E-state index in [1.54, 1.807) is 6.07 Å². The molecule has 0 aromatic carbocycles. The number of pyridine rings is 1. The molecule has 128 valence electrons. The molecule has 0 spiro atoms. The van der Waals surface area contributed by atoms with E-state index in [1.807, 2.05) is 10.6 Å². The van der Waals surface area contributed by atoms with E-state index >= 15 is 0 Å². The number of aromatic nitrogens is 1. The van der Waals surface area contributed by atoms with Gasteiger partial charge in [0.2, 0.25) is 0 Å². The zero-order valence-electron chi connectivity index (χ0n) is 14.0. The van der Waals surface area contributed by atoms with Crippen molar-refractivity contribution < 1.29 is 9.84 Å². The number of ether oxygens (including phenoxy) is 1. The van der Waals surface area contributed by atoms with Gasteiger partial charge in [-0.3, -0.25) is 9.69 Å². The molecule has 2 bridgehead atoms. The van der Waals surface area contributed by atoms with Crippen molar-refractivity contribution in [3.8, 4) is 0 Å². The predicted octanol–water partition coefficient (Wildman–Crippen LogP) is 1.44. The van der Waals surface area contributed by atoms with Crippen LogP contribution >= 0.6 is 0 Å². The molecule has 0 amide bonds. The summed E-state index contributed by atoms with van der Waals surface area (Å²) in [6.07, 6.45) is 2.89. The van der Waals surface area contributed by atoms with Crippen LogP contribution in [0.2, 0.25) is 0 Å². The topological polar surface area (TPSA) is 54.7 Å². The van der Waals surface area contributed by atoms with E-state index in [-0.39, 0.29) is 5.56 Å². The third kappa shape index (κ3) is 4.03. The van der Waals surface area contributed by atoms with Gasteiger partial charge in [-0.25, -0.2) is 0 Å². The SMILES string of the molecule is CCCCOC[C@@H](O)CN1C[C@@H]2C[C@H](C1)c1cccc(=O)n1C2. The molecule has 1 N–H and O–H groups in total. The number of fused-ring (bicyclic) bond motifs is 4. The van der Waals surface area contributed by atoms with Crippen molar-refractivity contribution in [2.24, 2.45) is 5.92 Å². The second-order valence-corrected chi connectivity index (χ2v) is 7.00. The second kappa shape index (κ2) is 7.60. The summed E-state index contributed by atoms with van der Waals surface area (Å²) in [5.74, 6) is 0.916. The number of likely N-dealkylation sites (tertiary alicyclic amines) is 1. The van der Waals surface area contributed by atoms with Gasteiger partial charge in [0.15, 0.2) is 0 Å². The lowest BCUT2D eigenvalue weighted by atomic mass is 9.83. The second-order valence-electron chi connectivity index (χ2n) is 7.00. The van der Waals surface area contributed by atoms with Crippen LogP contribution in [-0.2, 0) is 11.3 Å². The number of piperidine rings is 1. The number of hydrogen-bond acceptors (Lipinski definition) is 4. The van der Waals surface area contributed by atoms with Gasteiger partial charge in [0.1, 0.15) is 0 Å². The quantitative estimate of drug-likeness (QED) is 0.773. The number of rotatable bonds is 7. The average Bonchev–Trinajstić information content (AvgIpc) is 2.53. The lowest BCUT2D eigenvalue weighted by molar-refractivity contribution is 0.00227. The summed E-state index contributed by atoms with van der Waals surface area (Å²) in [4.78, 5) is 14.4. The van der Waals surface area contributed by atoms with Gasteiger partial charge in [0, 0.05) is 50.5 Å². The first-order valence-corrected chi connectivity index (χ1v) is 8.85. The van der Waals surface area contributed by atoms with Crippen molar-refractivity contribution in [3.63, 3.8) is 0 Å². The molecule has 0 unspecified atom stereocenters. The molecule has 5 nitrogen and oxygen atoms in total. The summed E-state index contributed by atoms with van der Waals surface area (Å²) in [7, 11) is 0. The summed E-state index contributed by atoms with van der Waals surface area (Å²) in [6.45, 7) is 6.64. The van der Waals surface area contributed by atoms with Gasteiger partial charge in [-0.05, 0) is 24.8 Å². The molecule has 5 heteroatoms. The van der Waals surface area contributed by atoms with E-state index < -0.39 is 6.10 Å². The Kier molecular flexibility index (Phi) is 5.51. The first kappa shape index (κ1) is 16.7. The van der Waals surface area contributed by atoms with Crippen molar-refractivity contribution >= 4 is 0 Å². The molecule has 0 radical (unpaired) electrons. The maximum atomic E-state index is 12.0. The monoisotopic (exact) mass is 320 g/mol. The maximum absolute atomic E-state index is 12.0. The van der Waals surface area contributed by atoms with Crippen molar-refractivity contribution in [3.05, 3.63) is 34.2 Å². The van der Waals surface area contributed by atoms with Crippen molar-refractivity contribution in [1.82, 2.24) is 9.47 Å². The molecule has 2 aliphatic heterocycles. The van der Waals surface area contributed by atoms with Crippen LogP contribution in [-0.4, -0.2) is 53.5 Å². The zero-order chi connectivity index (χ0) is 16.2. The molecule has 1 aromatic rings. The van der Waals surface area contributed by atoms with Gasteiger partial charge in [0.25, 0.3) is 5.56 Å². The molecule has 3 rings (SSSR count). The normalized spacial score (nSPS) is 25.1. The van der Waals surface area contributed by atoms with Crippen LogP contribution in [0.15, 0.2) is 23.0 Å². The van der Waals surface area contributed by atoms with Gasteiger partial charge < -0.3 is 14.4 Å². The Balaban J connectivity index is 1.56. The number of hydrogen-bond donors (Lipinski definition) is 1. The molecule has 0 saturated carbocycles. The Bertz CT molecular complexity index is 572. The molecule has 1 saturated heterocycles. The lowest BCUT2D eigenvalue weighted by Gasteiger charge is -2.43. The summed E-state index contributed by atoms with van der Waals surface area (Å²) >= 11 is 0. The lowest BCUT2D eigenvalue weighted by Crippen LogP contribution is -2.49. The molecule has 2 aliphatic rings. The van der Waals surface area contributed by atoms with Crippen molar-refractivity contribution in [2.45, 2.75) is 44.8 Å². The number of nitrogens with zero attached hydrogens (tertiary/aromatic N) is 2. The fraction of sp³-hybridized carbons (Fsp3) is 0.722. The van der Waals surface area contributed by atoms with E-state index in [0.29, 0.717) is 25.0 Å². The van der Waals surface area contributed by atoms with E-state index in [1.165, 1.54) is 0 Å². The average molecular weight is 320 g/mol. The van der Waals surface area contributed by atoms with Crippen LogP contribution in [0.1, 0.15) is 37.8 Å². The molecular formula is C18H28N2O3. The Morgan fingerprint density at radius 2 is 2.22 bits per heavy atom. The van der Waals surface area contributed by atoms with Gasteiger partial charge in [-0.15, -0.1) is 0 Å². The van der Waals surface area contributed by atoms with Crippen LogP contribution in [0.5, 0.6) is 0 Å². The first-order chi connectivity index (χ1) is 11.2. The Morgan fingerprint density at radius 3 is 3.04 bits per heavy atom. The van der Waals surface area contributed by atoms with E-state index in [9.17, 15) is 9.90 Å². The molecular weight excluding hydrogens is 292 g/mol. The Labute approximate surface area is 137 Å². The fourth-order valence-electron chi connectivity index (χ4n) is 3.96. The maximum Gasteiger partial charge on any atom is 0.250 e. The third-order valence-electron chi connectivity index (χ3n) is 4.98. The highest BCUT2D eigenvalue weighted by Crippen LogP contribution is 2.34. The van der Waals surface area contributed by atoms with E-state index in [2.05, 4.69) is 17.9 Å². The Morgan fingerprint density at radius 1 is 1.35 bits per heavy atom. The van der Waals surface area contributed by atoms with Crippen LogP contribution in [0, 0.1) is 5.92 Å². The standard InChI is InChI=1S/C18H28N2O3/c1-2-3-7-23-13-16(21)12-19-9-14-8-15(11-19)17-5-4-6-18(22)20(17)10-14/h4-6,14-16,21H,2-3,7-13H2,1H3/t14-,15+,16-/m0/s1. The highest BCUT2D eigenvalue weighted by molar-refractivity contribution is 5.16. The summed E-state index contributed by atoms with van der Waals surface area (Å²) in [5, 5.41) is 10.2. The third-order valence-corrected chi connectivity index (χ3v) is 4.98. The smallest absolute Gasteiger partial charge is 0.250 e. The molecule has 3 atom stereocenters. The minimum atomic E-state index is -0.427. The van der Waals surface area contributed by atoms with Crippen LogP contribution in [0.4, 0.5) is 0 Å². The molecule has 1 fully saturated rings. The van der Waals surface area contributed by atoms with Crippen LogP contribution in [0.3, 0.4) is 0 Å². The molecule has 23 heavy (non-hydrogen) atoms.